The molecule has 0 aliphatic rings. The van der Waals surface area contributed by atoms with Gasteiger partial charge in [-0.1, -0.05) is 12.1 Å². The molecule has 25 heavy (non-hydrogen) atoms. The number of alkyl halides is 3. The molecule has 0 radical (unpaired) electrons. The molecule has 0 bridgehead atoms. The Kier molecular flexibility index (Phi) is 4.42. The first-order valence-electron chi connectivity index (χ1n) is 7.40. The smallest absolute Gasteiger partial charge is 0.388 e. The van der Waals surface area contributed by atoms with E-state index in [0.29, 0.717) is 0 Å². The van der Waals surface area contributed by atoms with Crippen LogP contribution in [-0.2, 0) is 12.7 Å². The number of benzene rings is 1. The molecule has 2 aromatic heterocycles. The summed E-state index contributed by atoms with van der Waals surface area (Å²) in [6.07, 6.45) is -3.21. The zero-order valence-corrected chi connectivity index (χ0v) is 14.3. The van der Waals surface area contributed by atoms with E-state index in [1.54, 1.807) is 26.1 Å². The quantitative estimate of drug-likeness (QED) is 0.738. The van der Waals surface area contributed by atoms with Gasteiger partial charge in [0.1, 0.15) is 5.69 Å². The van der Waals surface area contributed by atoms with Crippen LogP contribution in [0, 0.1) is 6.92 Å². The normalized spacial score (nSPS) is 11.7. The summed E-state index contributed by atoms with van der Waals surface area (Å²) in [5, 5.41) is 5.50. The minimum Gasteiger partial charge on any atom is -0.388 e. The van der Waals surface area contributed by atoms with Crippen LogP contribution in [0.2, 0.25) is 0 Å². The molecule has 0 aliphatic heterocycles. The second-order valence-corrected chi connectivity index (χ2v) is 6.64. The van der Waals surface area contributed by atoms with Crippen molar-refractivity contribution in [3.05, 3.63) is 52.3 Å². The highest BCUT2D eigenvalue weighted by atomic mass is 32.1. The van der Waals surface area contributed by atoms with Gasteiger partial charge in [0, 0.05) is 30.4 Å². The van der Waals surface area contributed by atoms with Gasteiger partial charge in [0.05, 0.1) is 0 Å². The molecule has 9 heteroatoms. The molecule has 1 aromatic carbocycles. The summed E-state index contributed by atoms with van der Waals surface area (Å²) in [6.45, 7) is 1.87. The SMILES string of the molecule is CNc1ccc(CNC(=O)c2c(C(F)(F)F)nc3sc(C)cn23)cc1. The minimum absolute atomic E-state index is 0.122. The third kappa shape index (κ3) is 3.46. The monoisotopic (exact) mass is 368 g/mol. The van der Waals surface area contributed by atoms with Gasteiger partial charge in [0.25, 0.3) is 5.91 Å². The molecular weight excluding hydrogens is 353 g/mol. The van der Waals surface area contributed by atoms with E-state index >= 15 is 0 Å². The lowest BCUT2D eigenvalue weighted by atomic mass is 10.2. The Morgan fingerprint density at radius 2 is 1.96 bits per heavy atom. The number of nitrogens with zero attached hydrogens (tertiary/aromatic N) is 2. The van der Waals surface area contributed by atoms with Crippen LogP contribution in [0.5, 0.6) is 0 Å². The van der Waals surface area contributed by atoms with Crippen molar-refractivity contribution in [2.45, 2.75) is 19.6 Å². The molecule has 0 saturated heterocycles. The lowest BCUT2D eigenvalue weighted by Crippen LogP contribution is -2.27. The summed E-state index contributed by atoms with van der Waals surface area (Å²) in [5.41, 5.74) is 0.0318. The summed E-state index contributed by atoms with van der Waals surface area (Å²) >= 11 is 1.10. The van der Waals surface area contributed by atoms with Gasteiger partial charge >= 0.3 is 6.18 Å². The number of halogens is 3. The summed E-state index contributed by atoms with van der Waals surface area (Å²) in [4.78, 5) is 16.9. The van der Waals surface area contributed by atoms with Crippen molar-refractivity contribution in [2.75, 3.05) is 12.4 Å². The average molecular weight is 368 g/mol. The number of hydrogen-bond donors (Lipinski definition) is 2. The van der Waals surface area contributed by atoms with Crippen molar-refractivity contribution < 1.29 is 18.0 Å². The number of anilines is 1. The predicted octanol–water partition coefficient (Wildman–Crippen LogP) is 3.69. The lowest BCUT2D eigenvalue weighted by Gasteiger charge is -2.09. The molecule has 0 unspecified atom stereocenters. The largest absolute Gasteiger partial charge is 0.435 e. The molecule has 0 aliphatic carbocycles. The van der Waals surface area contributed by atoms with Gasteiger partial charge in [0.15, 0.2) is 10.7 Å². The molecule has 132 valence electrons. The van der Waals surface area contributed by atoms with Gasteiger partial charge in [-0.15, -0.1) is 11.3 Å². The highest BCUT2D eigenvalue weighted by molar-refractivity contribution is 7.17. The lowest BCUT2D eigenvalue weighted by molar-refractivity contribution is -0.141. The summed E-state index contributed by atoms with van der Waals surface area (Å²) < 4.78 is 40.8. The Balaban J connectivity index is 1.87. The van der Waals surface area contributed by atoms with Crippen LogP contribution in [0.15, 0.2) is 30.5 Å². The number of aryl methyl sites for hydroxylation is 1. The number of carbonyl (C=O) groups is 1. The zero-order valence-electron chi connectivity index (χ0n) is 13.4. The second kappa shape index (κ2) is 6.40. The van der Waals surface area contributed by atoms with Crippen LogP contribution in [0.4, 0.5) is 18.9 Å². The van der Waals surface area contributed by atoms with Crippen molar-refractivity contribution in [3.63, 3.8) is 0 Å². The number of aromatic nitrogens is 2. The van der Waals surface area contributed by atoms with Gasteiger partial charge in [0.2, 0.25) is 0 Å². The van der Waals surface area contributed by atoms with E-state index in [0.717, 1.165) is 27.5 Å². The van der Waals surface area contributed by atoms with Crippen LogP contribution >= 0.6 is 11.3 Å². The van der Waals surface area contributed by atoms with E-state index in [1.807, 2.05) is 12.1 Å². The van der Waals surface area contributed by atoms with Crippen LogP contribution in [0.3, 0.4) is 0 Å². The maximum Gasteiger partial charge on any atom is 0.435 e. The molecule has 0 fully saturated rings. The van der Waals surface area contributed by atoms with E-state index in [2.05, 4.69) is 15.6 Å². The van der Waals surface area contributed by atoms with Crippen LogP contribution in [0.25, 0.3) is 4.96 Å². The molecule has 2 heterocycles. The molecule has 3 rings (SSSR count). The summed E-state index contributed by atoms with van der Waals surface area (Å²) in [7, 11) is 1.78. The van der Waals surface area contributed by atoms with E-state index in [9.17, 15) is 18.0 Å². The maximum absolute atomic E-state index is 13.2. The third-order valence-electron chi connectivity index (χ3n) is 3.62. The number of carbonyl (C=O) groups excluding carboxylic acids is 1. The Labute approximate surface area is 145 Å². The molecule has 1 amide bonds. The molecule has 3 aromatic rings. The first kappa shape index (κ1) is 17.3. The van der Waals surface area contributed by atoms with Gasteiger partial charge in [-0.25, -0.2) is 4.98 Å². The van der Waals surface area contributed by atoms with E-state index in [1.165, 1.54) is 10.6 Å². The molecule has 5 nitrogen and oxygen atoms in total. The molecule has 2 N–H and O–H groups in total. The van der Waals surface area contributed by atoms with Crippen LogP contribution < -0.4 is 10.6 Å². The summed E-state index contributed by atoms with van der Waals surface area (Å²) in [6, 6.07) is 7.22. The number of thiazole rings is 1. The van der Waals surface area contributed by atoms with Gasteiger partial charge in [-0.3, -0.25) is 9.20 Å². The van der Waals surface area contributed by atoms with Gasteiger partial charge in [-0.05, 0) is 24.6 Å². The Bertz CT molecular complexity index is 912. The fourth-order valence-electron chi connectivity index (χ4n) is 2.43. The number of amides is 1. The van der Waals surface area contributed by atoms with E-state index in [-0.39, 0.29) is 11.5 Å². The Hall–Kier alpha value is -2.55. The second-order valence-electron chi connectivity index (χ2n) is 5.43. The third-order valence-corrected chi connectivity index (χ3v) is 4.52. The van der Waals surface area contributed by atoms with Crippen LogP contribution in [0.1, 0.15) is 26.6 Å². The van der Waals surface area contributed by atoms with Crippen molar-refractivity contribution in [3.8, 4) is 0 Å². The number of fused-ring (bicyclic) bond motifs is 1. The molecule has 0 saturated carbocycles. The number of imidazole rings is 1. The molecular formula is C16H15F3N4OS. The van der Waals surface area contributed by atoms with Crippen molar-refractivity contribution in [1.29, 1.82) is 0 Å². The number of nitrogens with one attached hydrogen (secondary N) is 2. The first-order chi connectivity index (χ1) is 11.8. The predicted molar refractivity (Wildman–Crippen MR) is 90.0 cm³/mol. The van der Waals surface area contributed by atoms with E-state index < -0.39 is 23.5 Å². The topological polar surface area (TPSA) is 58.4 Å². The van der Waals surface area contributed by atoms with Gasteiger partial charge < -0.3 is 10.6 Å². The number of hydrogen-bond acceptors (Lipinski definition) is 4. The van der Waals surface area contributed by atoms with E-state index in [4.69, 9.17) is 0 Å². The highest BCUT2D eigenvalue weighted by Crippen LogP contribution is 2.33. The van der Waals surface area contributed by atoms with Crippen molar-refractivity contribution >= 4 is 27.9 Å². The fraction of sp³-hybridized carbons (Fsp3) is 0.250. The first-order valence-corrected chi connectivity index (χ1v) is 8.22. The van der Waals surface area contributed by atoms with Crippen molar-refractivity contribution in [1.82, 2.24) is 14.7 Å². The average Bonchev–Trinajstić information content (AvgIpc) is 3.08. The molecule has 0 spiro atoms. The highest BCUT2D eigenvalue weighted by Gasteiger charge is 2.40. The zero-order chi connectivity index (χ0) is 18.2. The standard InChI is InChI=1S/C16H15F3N4OS/c1-9-8-23-12(13(16(17,18)19)22-15(23)25-9)14(24)21-7-10-3-5-11(20-2)6-4-10/h3-6,8,20H,7H2,1-2H3,(H,21,24). The van der Waals surface area contributed by atoms with Gasteiger partial charge in [-0.2, -0.15) is 13.2 Å². The molecule has 0 atom stereocenters. The Morgan fingerprint density at radius 1 is 1.28 bits per heavy atom. The summed E-state index contributed by atoms with van der Waals surface area (Å²) in [5.74, 6) is -0.810. The fourth-order valence-corrected chi connectivity index (χ4v) is 3.25. The maximum atomic E-state index is 13.2. The van der Waals surface area contributed by atoms with Crippen molar-refractivity contribution in [2.24, 2.45) is 0 Å². The van der Waals surface area contributed by atoms with Crippen LogP contribution in [-0.4, -0.2) is 22.3 Å². The minimum atomic E-state index is -4.69. The Morgan fingerprint density at radius 3 is 2.56 bits per heavy atom. The number of rotatable bonds is 4.